The average Bonchev–Trinajstić information content (AvgIpc) is 2.46. The normalized spacial score (nSPS) is 23.1. The minimum atomic E-state index is -0.400. The maximum atomic E-state index is 12.0. The molecule has 0 aromatic heterocycles. The molecule has 0 saturated carbocycles. The molecule has 1 saturated heterocycles. The Bertz CT molecular complexity index is 497. The van der Waals surface area contributed by atoms with Crippen molar-refractivity contribution in [2.75, 3.05) is 43.0 Å². The molecule has 2 aliphatic heterocycles. The molecule has 0 aliphatic carbocycles. The molecule has 19 heavy (non-hydrogen) atoms. The third-order valence-electron chi connectivity index (χ3n) is 3.77. The number of hydrogen-bond acceptors (Lipinski definition) is 4. The summed E-state index contributed by atoms with van der Waals surface area (Å²) in [6, 6.07) is 6.08. The monoisotopic (exact) mass is 261 g/mol. The first-order valence-electron chi connectivity index (χ1n) is 6.71. The van der Waals surface area contributed by atoms with Gasteiger partial charge in [0.15, 0.2) is 6.10 Å². The third-order valence-corrected chi connectivity index (χ3v) is 3.77. The minimum absolute atomic E-state index is 0.00459. The van der Waals surface area contributed by atoms with Crippen LogP contribution < -0.4 is 19.9 Å². The van der Waals surface area contributed by atoms with E-state index < -0.39 is 6.10 Å². The van der Waals surface area contributed by atoms with Gasteiger partial charge in [-0.3, -0.25) is 4.79 Å². The second-order valence-electron chi connectivity index (χ2n) is 5.05. The van der Waals surface area contributed by atoms with Gasteiger partial charge in [-0.1, -0.05) is 0 Å². The van der Waals surface area contributed by atoms with Crippen LogP contribution in [-0.4, -0.2) is 45.2 Å². The van der Waals surface area contributed by atoms with Gasteiger partial charge >= 0.3 is 0 Å². The second kappa shape index (κ2) is 4.74. The fraction of sp³-hybridized carbons (Fsp3) is 0.500. The molecule has 0 bridgehead atoms. The number of ether oxygens (including phenoxy) is 1. The smallest absolute Gasteiger partial charge is 0.267 e. The topological polar surface area (TPSA) is 44.8 Å². The van der Waals surface area contributed by atoms with Gasteiger partial charge in [0.2, 0.25) is 0 Å². The Morgan fingerprint density at radius 2 is 2.05 bits per heavy atom. The molecule has 0 spiro atoms. The Kier molecular flexibility index (Phi) is 3.06. The summed E-state index contributed by atoms with van der Waals surface area (Å²) < 4.78 is 5.63. The molecular formula is C14H19N3O2. The van der Waals surface area contributed by atoms with Gasteiger partial charge in [0.1, 0.15) is 5.75 Å². The summed E-state index contributed by atoms with van der Waals surface area (Å²) in [7, 11) is 1.81. The molecule has 1 amide bonds. The SMILES string of the molecule is CC1Oc2ccc(N3CCNCC3)cc2N(C)C1=O. The number of carbonyl (C=O) groups excluding carboxylic acids is 1. The van der Waals surface area contributed by atoms with Crippen molar-refractivity contribution in [1.29, 1.82) is 0 Å². The molecule has 1 unspecified atom stereocenters. The van der Waals surface area contributed by atoms with E-state index in [0.717, 1.165) is 43.3 Å². The number of nitrogens with zero attached hydrogens (tertiary/aromatic N) is 2. The van der Waals surface area contributed by atoms with Crippen LogP contribution in [0.3, 0.4) is 0 Å². The number of benzene rings is 1. The largest absolute Gasteiger partial charge is 0.479 e. The molecule has 1 fully saturated rings. The van der Waals surface area contributed by atoms with Crippen molar-refractivity contribution in [2.45, 2.75) is 13.0 Å². The van der Waals surface area contributed by atoms with E-state index in [-0.39, 0.29) is 5.91 Å². The summed E-state index contributed by atoms with van der Waals surface area (Å²) in [5.41, 5.74) is 2.01. The highest BCUT2D eigenvalue weighted by Crippen LogP contribution is 2.36. The zero-order valence-corrected chi connectivity index (χ0v) is 11.3. The van der Waals surface area contributed by atoms with Gasteiger partial charge in [-0.2, -0.15) is 0 Å². The number of amides is 1. The molecule has 1 atom stereocenters. The molecule has 102 valence electrons. The Labute approximate surface area is 113 Å². The van der Waals surface area contributed by atoms with E-state index >= 15 is 0 Å². The number of anilines is 2. The highest BCUT2D eigenvalue weighted by Gasteiger charge is 2.29. The van der Waals surface area contributed by atoms with Crippen LogP contribution in [0.4, 0.5) is 11.4 Å². The average molecular weight is 261 g/mol. The summed E-state index contributed by atoms with van der Waals surface area (Å²) >= 11 is 0. The number of piperazine rings is 1. The summed E-state index contributed by atoms with van der Waals surface area (Å²) in [6.07, 6.45) is -0.400. The fourth-order valence-corrected chi connectivity index (χ4v) is 2.62. The van der Waals surface area contributed by atoms with Gasteiger partial charge in [0.25, 0.3) is 5.91 Å². The number of nitrogens with one attached hydrogen (secondary N) is 1. The molecule has 2 heterocycles. The molecular weight excluding hydrogens is 242 g/mol. The predicted molar refractivity (Wildman–Crippen MR) is 75.0 cm³/mol. The highest BCUT2D eigenvalue weighted by atomic mass is 16.5. The zero-order valence-electron chi connectivity index (χ0n) is 11.3. The Hall–Kier alpha value is -1.75. The Morgan fingerprint density at radius 3 is 2.79 bits per heavy atom. The first kappa shape index (κ1) is 12.3. The zero-order chi connectivity index (χ0) is 13.4. The predicted octanol–water partition coefficient (Wildman–Crippen LogP) is 0.840. The number of carbonyl (C=O) groups is 1. The molecule has 3 rings (SSSR count). The van der Waals surface area contributed by atoms with E-state index in [9.17, 15) is 4.79 Å². The van der Waals surface area contributed by atoms with Crippen LogP contribution in [0.5, 0.6) is 5.75 Å². The van der Waals surface area contributed by atoms with Gasteiger partial charge < -0.3 is 19.9 Å². The Balaban J connectivity index is 1.92. The van der Waals surface area contributed by atoms with Crippen LogP contribution in [0.1, 0.15) is 6.92 Å². The van der Waals surface area contributed by atoms with Crippen molar-refractivity contribution in [1.82, 2.24) is 5.32 Å². The quantitative estimate of drug-likeness (QED) is 0.813. The van der Waals surface area contributed by atoms with Crippen molar-refractivity contribution < 1.29 is 9.53 Å². The molecule has 1 aromatic carbocycles. The van der Waals surface area contributed by atoms with Crippen LogP contribution in [-0.2, 0) is 4.79 Å². The highest BCUT2D eigenvalue weighted by molar-refractivity contribution is 5.99. The van der Waals surface area contributed by atoms with Gasteiger partial charge in [-0.25, -0.2) is 0 Å². The molecule has 1 N–H and O–H groups in total. The van der Waals surface area contributed by atoms with Crippen molar-refractivity contribution in [2.24, 2.45) is 0 Å². The maximum absolute atomic E-state index is 12.0. The molecule has 5 nitrogen and oxygen atoms in total. The van der Waals surface area contributed by atoms with Gasteiger partial charge in [0.05, 0.1) is 5.69 Å². The van der Waals surface area contributed by atoms with Crippen molar-refractivity contribution in [3.05, 3.63) is 18.2 Å². The maximum Gasteiger partial charge on any atom is 0.267 e. The van der Waals surface area contributed by atoms with E-state index in [1.807, 2.05) is 19.2 Å². The van der Waals surface area contributed by atoms with Crippen LogP contribution in [0.15, 0.2) is 18.2 Å². The lowest BCUT2D eigenvalue weighted by atomic mass is 10.1. The first-order chi connectivity index (χ1) is 9.16. The van der Waals surface area contributed by atoms with Crippen LogP contribution in [0, 0.1) is 0 Å². The summed E-state index contributed by atoms with van der Waals surface area (Å²) in [4.78, 5) is 16.0. The molecule has 0 radical (unpaired) electrons. The number of rotatable bonds is 1. The third kappa shape index (κ3) is 2.14. The standard InChI is InChI=1S/C14H19N3O2/c1-10-14(18)16(2)12-9-11(3-4-13(12)19-10)17-7-5-15-6-8-17/h3-4,9-10,15H,5-8H2,1-2H3. The van der Waals surface area contributed by atoms with E-state index in [4.69, 9.17) is 4.74 Å². The lowest BCUT2D eigenvalue weighted by Crippen LogP contribution is -2.44. The van der Waals surface area contributed by atoms with Crippen LogP contribution in [0.25, 0.3) is 0 Å². The Morgan fingerprint density at radius 1 is 1.32 bits per heavy atom. The lowest BCUT2D eigenvalue weighted by molar-refractivity contribution is -0.125. The van der Waals surface area contributed by atoms with E-state index in [1.165, 1.54) is 0 Å². The van der Waals surface area contributed by atoms with E-state index in [1.54, 1.807) is 11.8 Å². The minimum Gasteiger partial charge on any atom is -0.479 e. The van der Waals surface area contributed by atoms with Gasteiger partial charge in [-0.05, 0) is 25.1 Å². The second-order valence-corrected chi connectivity index (χ2v) is 5.05. The number of fused-ring (bicyclic) bond motifs is 1. The van der Waals surface area contributed by atoms with Crippen molar-refractivity contribution in [3.63, 3.8) is 0 Å². The molecule has 5 heteroatoms. The van der Waals surface area contributed by atoms with E-state index in [2.05, 4.69) is 16.3 Å². The fourth-order valence-electron chi connectivity index (χ4n) is 2.62. The molecule has 1 aromatic rings. The van der Waals surface area contributed by atoms with Gasteiger partial charge in [-0.15, -0.1) is 0 Å². The molecule has 2 aliphatic rings. The summed E-state index contributed by atoms with van der Waals surface area (Å²) in [5, 5.41) is 3.34. The summed E-state index contributed by atoms with van der Waals surface area (Å²) in [6.45, 7) is 5.77. The number of hydrogen-bond donors (Lipinski definition) is 1. The van der Waals surface area contributed by atoms with Crippen LogP contribution in [0.2, 0.25) is 0 Å². The van der Waals surface area contributed by atoms with Crippen molar-refractivity contribution >= 4 is 17.3 Å². The van der Waals surface area contributed by atoms with Crippen LogP contribution >= 0.6 is 0 Å². The summed E-state index contributed by atoms with van der Waals surface area (Å²) in [5.74, 6) is 0.790. The first-order valence-corrected chi connectivity index (χ1v) is 6.71. The number of likely N-dealkylation sites (N-methyl/N-ethyl adjacent to an activating group) is 1. The van der Waals surface area contributed by atoms with Gasteiger partial charge in [0, 0.05) is 38.9 Å². The van der Waals surface area contributed by atoms with E-state index in [0.29, 0.717) is 0 Å². The lowest BCUT2D eigenvalue weighted by Gasteiger charge is -2.33. The van der Waals surface area contributed by atoms with Crippen molar-refractivity contribution in [3.8, 4) is 5.75 Å².